The number of nitrogens with two attached hydrogens (primary N) is 1. The first-order chi connectivity index (χ1) is 18.7. The van der Waals surface area contributed by atoms with Gasteiger partial charge in [-0.1, -0.05) is 113 Å². The second-order valence-corrected chi connectivity index (χ2v) is 10.4. The number of amides is 4. The zero-order chi connectivity index (χ0) is 28.7. The summed E-state index contributed by atoms with van der Waals surface area (Å²) < 4.78 is 0. The number of unbranched alkanes of at least 4 members (excludes halogenated alkanes) is 9. The number of Topliss-reactive ketones (excluding diaryl/α,β-unsaturated/α-hetero) is 1. The predicted octanol–water partition coefficient (Wildman–Crippen LogP) is 5.36. The highest BCUT2D eigenvalue weighted by Gasteiger charge is 2.40. The minimum Gasteiger partial charge on any atom is -0.288 e. The number of nitrogens with zero attached hydrogens (tertiary/aromatic N) is 2. The van der Waals surface area contributed by atoms with Crippen LogP contribution < -0.4 is 16.7 Å². The largest absolute Gasteiger partial charge is 0.372 e. The van der Waals surface area contributed by atoms with E-state index in [1.54, 1.807) is 30.3 Å². The lowest BCUT2D eigenvalue weighted by Gasteiger charge is -2.31. The highest BCUT2D eigenvalue weighted by atomic mass is 16.2. The lowest BCUT2D eigenvalue weighted by Crippen LogP contribution is -2.59. The van der Waals surface area contributed by atoms with E-state index in [0.717, 1.165) is 29.8 Å². The topological polar surface area (TPSA) is 125 Å². The molecule has 1 atom stereocenters. The molecule has 0 bridgehead atoms. The minimum absolute atomic E-state index is 0.309. The Balaban J connectivity index is 1.87. The molecule has 0 spiro atoms. The standard InChI is InChI=1S/C30H45N5O4/c1-4-5-6-7-8-9-10-11-12-16-21-30(22-19-24(2)20-23-30)26(36)28(38)32-34(3)29(39)35(31)33-27(37)25-17-14-13-15-18-25/h13-15,17-20,22H,4-12,16,21,23,31H2,1-3H3,(H,32,38)(H,33,37). The molecule has 39 heavy (non-hydrogen) atoms. The number of urea groups is 1. The highest BCUT2D eigenvalue weighted by molar-refractivity contribution is 6.38. The first kappa shape index (κ1) is 31.8. The second kappa shape index (κ2) is 16.5. The third-order valence-electron chi connectivity index (χ3n) is 7.11. The molecule has 214 valence electrons. The summed E-state index contributed by atoms with van der Waals surface area (Å²) in [5.74, 6) is 3.60. The first-order valence-corrected chi connectivity index (χ1v) is 14.1. The van der Waals surface area contributed by atoms with Crippen molar-refractivity contribution in [1.29, 1.82) is 0 Å². The van der Waals surface area contributed by atoms with Crippen LogP contribution in [0.15, 0.2) is 54.1 Å². The van der Waals surface area contributed by atoms with Crippen molar-refractivity contribution in [3.8, 4) is 0 Å². The normalized spacial score (nSPS) is 16.3. The van der Waals surface area contributed by atoms with Crippen molar-refractivity contribution < 1.29 is 19.2 Å². The number of hydrazine groups is 3. The van der Waals surface area contributed by atoms with Crippen LogP contribution in [0.25, 0.3) is 0 Å². The predicted molar refractivity (Wildman–Crippen MR) is 153 cm³/mol. The Labute approximate surface area is 232 Å². The fourth-order valence-electron chi connectivity index (χ4n) is 4.62. The average Bonchev–Trinajstić information content (AvgIpc) is 2.94. The van der Waals surface area contributed by atoms with Gasteiger partial charge in [0.05, 0.1) is 5.41 Å². The molecule has 1 aliphatic rings. The summed E-state index contributed by atoms with van der Waals surface area (Å²) in [6.45, 7) is 4.18. The van der Waals surface area contributed by atoms with Gasteiger partial charge in [0.1, 0.15) is 0 Å². The van der Waals surface area contributed by atoms with E-state index in [4.69, 9.17) is 5.84 Å². The molecule has 1 unspecified atom stereocenters. The third-order valence-corrected chi connectivity index (χ3v) is 7.11. The van der Waals surface area contributed by atoms with Crippen molar-refractivity contribution in [1.82, 2.24) is 21.0 Å². The van der Waals surface area contributed by atoms with E-state index in [9.17, 15) is 19.2 Å². The number of ketones is 1. The molecule has 1 aliphatic carbocycles. The molecule has 0 aliphatic heterocycles. The van der Waals surface area contributed by atoms with Gasteiger partial charge in [-0.25, -0.2) is 21.1 Å². The van der Waals surface area contributed by atoms with Crippen LogP contribution in [-0.2, 0) is 9.59 Å². The summed E-state index contributed by atoms with van der Waals surface area (Å²) in [5, 5.41) is 1.25. The molecule has 0 saturated carbocycles. The van der Waals surface area contributed by atoms with Gasteiger partial charge in [-0.3, -0.25) is 19.8 Å². The van der Waals surface area contributed by atoms with Crippen molar-refractivity contribution in [2.75, 3.05) is 7.05 Å². The summed E-state index contributed by atoms with van der Waals surface area (Å²) in [5.41, 5.74) is 4.96. The van der Waals surface area contributed by atoms with Gasteiger partial charge in [0.15, 0.2) is 0 Å². The van der Waals surface area contributed by atoms with Crippen molar-refractivity contribution >= 4 is 23.6 Å². The molecule has 0 heterocycles. The number of allylic oxidation sites excluding steroid dienone is 4. The monoisotopic (exact) mass is 539 g/mol. The van der Waals surface area contributed by atoms with Gasteiger partial charge >= 0.3 is 11.9 Å². The number of carbonyl (C=O) groups excluding carboxylic acids is 4. The Morgan fingerprint density at radius 3 is 2.05 bits per heavy atom. The quantitative estimate of drug-likeness (QED) is 0.0965. The fourth-order valence-corrected chi connectivity index (χ4v) is 4.62. The van der Waals surface area contributed by atoms with Crippen LogP contribution in [0.1, 0.15) is 101 Å². The summed E-state index contributed by atoms with van der Waals surface area (Å²) >= 11 is 0. The third kappa shape index (κ3) is 10.3. The Hall–Kier alpha value is -3.46. The maximum Gasteiger partial charge on any atom is 0.372 e. The van der Waals surface area contributed by atoms with E-state index in [-0.39, 0.29) is 0 Å². The highest BCUT2D eigenvalue weighted by Crippen LogP contribution is 2.36. The smallest absolute Gasteiger partial charge is 0.288 e. The lowest BCUT2D eigenvalue weighted by molar-refractivity contribution is -0.144. The number of rotatable bonds is 14. The Kier molecular flexibility index (Phi) is 13.4. The average molecular weight is 540 g/mol. The van der Waals surface area contributed by atoms with Crippen molar-refractivity contribution in [2.45, 2.75) is 90.9 Å². The van der Waals surface area contributed by atoms with Crippen LogP contribution >= 0.6 is 0 Å². The summed E-state index contributed by atoms with van der Waals surface area (Å²) in [4.78, 5) is 51.2. The van der Waals surface area contributed by atoms with Gasteiger partial charge in [-0.2, -0.15) is 5.12 Å². The first-order valence-electron chi connectivity index (χ1n) is 14.1. The Morgan fingerprint density at radius 1 is 0.897 bits per heavy atom. The Bertz CT molecular complexity index is 1020. The van der Waals surface area contributed by atoms with E-state index in [1.807, 2.05) is 25.2 Å². The molecular weight excluding hydrogens is 494 g/mol. The van der Waals surface area contributed by atoms with Gasteiger partial charge in [0.2, 0.25) is 5.78 Å². The number of hydrogen-bond donors (Lipinski definition) is 3. The molecule has 9 heteroatoms. The Morgan fingerprint density at radius 2 is 1.49 bits per heavy atom. The second-order valence-electron chi connectivity index (χ2n) is 10.4. The van der Waals surface area contributed by atoms with Crippen LogP contribution in [0.5, 0.6) is 0 Å². The van der Waals surface area contributed by atoms with E-state index in [1.165, 1.54) is 52.0 Å². The van der Waals surface area contributed by atoms with Crippen molar-refractivity contribution in [3.05, 3.63) is 59.7 Å². The number of nitrogens with one attached hydrogen (secondary N) is 2. The molecule has 1 aromatic rings. The SMILES string of the molecule is CCCCCCCCCCCCC1(C(=O)C(=O)NN(C)C(=O)N(N)NC(=O)c2ccccc2)C=CC(C)=CC1. The maximum atomic E-state index is 13.4. The fraction of sp³-hybridized carbons (Fsp3) is 0.533. The molecule has 0 saturated heterocycles. The van der Waals surface area contributed by atoms with Gasteiger partial charge < -0.3 is 0 Å². The number of carbonyl (C=O) groups is 4. The molecule has 0 fully saturated rings. The van der Waals surface area contributed by atoms with Gasteiger partial charge in [-0.05, 0) is 31.9 Å². The van der Waals surface area contributed by atoms with E-state index < -0.39 is 29.0 Å². The van der Waals surface area contributed by atoms with Crippen LogP contribution in [0.2, 0.25) is 0 Å². The maximum absolute atomic E-state index is 13.4. The van der Waals surface area contributed by atoms with E-state index in [0.29, 0.717) is 23.5 Å². The van der Waals surface area contributed by atoms with Crippen molar-refractivity contribution in [3.63, 3.8) is 0 Å². The zero-order valence-electron chi connectivity index (χ0n) is 23.7. The molecule has 0 aromatic heterocycles. The summed E-state index contributed by atoms with van der Waals surface area (Å²) in [7, 11) is 1.26. The molecule has 4 N–H and O–H groups in total. The van der Waals surface area contributed by atoms with E-state index >= 15 is 0 Å². The minimum atomic E-state index is -0.947. The van der Waals surface area contributed by atoms with Crippen LogP contribution in [-0.4, -0.2) is 40.8 Å². The van der Waals surface area contributed by atoms with Crippen LogP contribution in [0.4, 0.5) is 4.79 Å². The molecule has 0 radical (unpaired) electrons. The van der Waals surface area contributed by atoms with Gasteiger partial charge in [0.25, 0.3) is 5.91 Å². The molecule has 2 rings (SSSR count). The summed E-state index contributed by atoms with van der Waals surface area (Å²) in [6, 6.07) is 7.33. The van der Waals surface area contributed by atoms with Crippen molar-refractivity contribution in [2.24, 2.45) is 11.3 Å². The number of benzene rings is 1. The molecule has 9 nitrogen and oxygen atoms in total. The van der Waals surface area contributed by atoms with E-state index in [2.05, 4.69) is 17.8 Å². The number of hydrogen-bond acceptors (Lipinski definition) is 5. The van der Waals surface area contributed by atoms with Gasteiger partial charge in [0, 0.05) is 12.6 Å². The summed E-state index contributed by atoms with van der Waals surface area (Å²) in [6.07, 6.45) is 18.5. The lowest BCUT2D eigenvalue weighted by atomic mass is 9.72. The van der Waals surface area contributed by atoms with Crippen LogP contribution in [0, 0.1) is 5.41 Å². The molecule has 4 amide bonds. The van der Waals surface area contributed by atoms with Crippen LogP contribution in [0.3, 0.4) is 0 Å². The van der Waals surface area contributed by atoms with Gasteiger partial charge in [-0.15, -0.1) is 0 Å². The molecular formula is C30H45N5O4. The molecule has 1 aromatic carbocycles. The zero-order valence-corrected chi connectivity index (χ0v) is 23.7.